The van der Waals surface area contributed by atoms with Gasteiger partial charge >= 0.3 is 6.09 Å². The predicted octanol–water partition coefficient (Wildman–Crippen LogP) is 4.28. The van der Waals surface area contributed by atoms with E-state index in [0.717, 1.165) is 10.3 Å². The number of nitrogens with one attached hydrogen (secondary N) is 1. The van der Waals surface area contributed by atoms with Crippen molar-refractivity contribution >= 4 is 50.6 Å². The first-order valence-corrected chi connectivity index (χ1v) is 9.32. The lowest BCUT2D eigenvalue weighted by Gasteiger charge is -2.20. The molecule has 0 atom stereocenters. The highest BCUT2D eigenvalue weighted by Gasteiger charge is 2.39. The van der Waals surface area contributed by atoms with E-state index < -0.39 is 11.7 Å². The molecule has 4 aromatic rings. The Labute approximate surface area is 165 Å². The van der Waals surface area contributed by atoms with Gasteiger partial charge in [-0.05, 0) is 32.9 Å². The molecule has 2 aromatic heterocycles. The standard InChI is InChI=1S/C22H19N3O4/c1-22(2,3)29-21(28)25-13-8-6-5-7-11(13)14-15-16(20(27)24(4)19(15)26)17-12(18(14)25)9-10-23-17/h5-10,23H,1-4H3. The summed E-state index contributed by atoms with van der Waals surface area (Å²) in [6, 6.07) is 9.16. The third-order valence-corrected chi connectivity index (χ3v) is 5.24. The minimum absolute atomic E-state index is 0.320. The Morgan fingerprint density at radius 3 is 2.41 bits per heavy atom. The van der Waals surface area contributed by atoms with Crippen LogP contribution in [0.2, 0.25) is 0 Å². The molecule has 2 amide bonds. The van der Waals surface area contributed by atoms with Gasteiger partial charge in [-0.25, -0.2) is 9.36 Å². The molecule has 1 N–H and O–H groups in total. The maximum Gasteiger partial charge on any atom is 0.419 e. The Morgan fingerprint density at radius 1 is 1.00 bits per heavy atom. The van der Waals surface area contributed by atoms with Crippen LogP contribution in [0.25, 0.3) is 32.7 Å². The van der Waals surface area contributed by atoms with Crippen molar-refractivity contribution in [3.8, 4) is 0 Å². The Hall–Kier alpha value is -3.61. The molecule has 7 nitrogen and oxygen atoms in total. The summed E-state index contributed by atoms with van der Waals surface area (Å²) in [5.41, 5.74) is 1.71. The van der Waals surface area contributed by atoms with Crippen LogP contribution in [0.1, 0.15) is 41.5 Å². The Morgan fingerprint density at radius 2 is 1.69 bits per heavy atom. The lowest BCUT2D eigenvalue weighted by molar-refractivity contribution is 0.0550. The second kappa shape index (κ2) is 5.47. The number of rotatable bonds is 0. The van der Waals surface area contributed by atoms with Gasteiger partial charge in [-0.15, -0.1) is 0 Å². The number of aromatic amines is 1. The van der Waals surface area contributed by atoms with E-state index in [-0.39, 0.29) is 11.8 Å². The lowest BCUT2D eigenvalue weighted by atomic mass is 9.99. The fourth-order valence-corrected chi connectivity index (χ4v) is 4.12. The van der Waals surface area contributed by atoms with E-state index in [9.17, 15) is 14.4 Å². The van der Waals surface area contributed by atoms with Gasteiger partial charge in [0.1, 0.15) is 5.60 Å². The van der Waals surface area contributed by atoms with Crippen LogP contribution in [0.3, 0.4) is 0 Å². The Kier molecular flexibility index (Phi) is 3.30. The molecule has 2 aromatic carbocycles. The number of para-hydroxylation sites is 1. The summed E-state index contributed by atoms with van der Waals surface area (Å²) >= 11 is 0. The highest BCUT2D eigenvalue weighted by Crippen LogP contribution is 2.42. The number of H-pyrrole nitrogens is 1. The first-order valence-electron chi connectivity index (χ1n) is 9.32. The molecule has 5 rings (SSSR count). The molecule has 1 aliphatic heterocycles. The fourth-order valence-electron chi connectivity index (χ4n) is 4.12. The molecule has 29 heavy (non-hydrogen) atoms. The third-order valence-electron chi connectivity index (χ3n) is 5.24. The third kappa shape index (κ3) is 2.21. The summed E-state index contributed by atoms with van der Waals surface area (Å²) in [4.78, 5) is 43.2. The summed E-state index contributed by atoms with van der Waals surface area (Å²) in [6.45, 7) is 5.42. The van der Waals surface area contributed by atoms with E-state index >= 15 is 0 Å². The zero-order valence-corrected chi connectivity index (χ0v) is 16.5. The predicted molar refractivity (Wildman–Crippen MR) is 109 cm³/mol. The Bertz CT molecular complexity index is 1380. The van der Waals surface area contributed by atoms with Crippen molar-refractivity contribution < 1.29 is 19.1 Å². The van der Waals surface area contributed by atoms with Crippen molar-refractivity contribution in [2.75, 3.05) is 7.05 Å². The number of aromatic nitrogens is 2. The maximum absolute atomic E-state index is 13.2. The quantitative estimate of drug-likeness (QED) is 0.455. The minimum atomic E-state index is -0.686. The summed E-state index contributed by atoms with van der Waals surface area (Å²) in [6.07, 6.45) is 1.17. The fraction of sp³-hybridized carbons (Fsp3) is 0.227. The van der Waals surface area contributed by atoms with Crippen LogP contribution in [0.15, 0.2) is 36.5 Å². The molecule has 1 aliphatic rings. The van der Waals surface area contributed by atoms with E-state index in [2.05, 4.69) is 4.98 Å². The maximum atomic E-state index is 13.2. The van der Waals surface area contributed by atoms with Crippen LogP contribution in [0.5, 0.6) is 0 Å². The average Bonchev–Trinajstić information content (AvgIpc) is 3.31. The molecule has 0 fully saturated rings. The number of carbonyl (C=O) groups is 3. The molecule has 3 heterocycles. The van der Waals surface area contributed by atoms with Gasteiger partial charge in [0.2, 0.25) is 0 Å². The van der Waals surface area contributed by atoms with Gasteiger partial charge < -0.3 is 9.72 Å². The normalized spacial score (nSPS) is 14.4. The van der Waals surface area contributed by atoms with Crippen molar-refractivity contribution in [3.63, 3.8) is 0 Å². The molecule has 0 radical (unpaired) electrons. The van der Waals surface area contributed by atoms with E-state index in [0.29, 0.717) is 38.4 Å². The van der Waals surface area contributed by atoms with Crippen LogP contribution in [0, 0.1) is 0 Å². The number of hydrogen-bond donors (Lipinski definition) is 1. The van der Waals surface area contributed by atoms with Crippen molar-refractivity contribution in [1.29, 1.82) is 0 Å². The molecule has 146 valence electrons. The number of hydrogen-bond acceptors (Lipinski definition) is 4. The van der Waals surface area contributed by atoms with E-state index in [4.69, 9.17) is 4.74 Å². The highest BCUT2D eigenvalue weighted by atomic mass is 16.6. The van der Waals surface area contributed by atoms with E-state index in [1.54, 1.807) is 27.0 Å². The van der Waals surface area contributed by atoms with Crippen molar-refractivity contribution in [2.45, 2.75) is 26.4 Å². The van der Waals surface area contributed by atoms with Crippen molar-refractivity contribution in [2.24, 2.45) is 0 Å². The van der Waals surface area contributed by atoms with Crippen molar-refractivity contribution in [1.82, 2.24) is 14.5 Å². The summed E-state index contributed by atoms with van der Waals surface area (Å²) in [5, 5.41) is 2.01. The minimum Gasteiger partial charge on any atom is -0.443 e. The highest BCUT2D eigenvalue weighted by molar-refractivity contribution is 6.37. The zero-order chi connectivity index (χ0) is 20.7. The van der Waals surface area contributed by atoms with Gasteiger partial charge in [-0.1, -0.05) is 18.2 Å². The van der Waals surface area contributed by atoms with Crippen LogP contribution in [-0.2, 0) is 4.74 Å². The molecule has 0 unspecified atom stereocenters. The lowest BCUT2D eigenvalue weighted by Crippen LogP contribution is -2.27. The summed E-state index contributed by atoms with van der Waals surface area (Å²) in [5.74, 6) is -0.730. The van der Waals surface area contributed by atoms with Gasteiger partial charge in [0.25, 0.3) is 11.8 Å². The average molecular weight is 389 g/mol. The second-order valence-electron chi connectivity index (χ2n) is 8.24. The van der Waals surface area contributed by atoms with E-state index in [1.807, 2.05) is 30.3 Å². The number of nitrogens with zero attached hydrogens (tertiary/aromatic N) is 2. The molecular formula is C22H19N3O4. The van der Waals surface area contributed by atoms with Gasteiger partial charge in [-0.3, -0.25) is 14.5 Å². The molecule has 0 saturated heterocycles. The molecule has 0 aliphatic carbocycles. The van der Waals surface area contributed by atoms with Crippen LogP contribution in [0.4, 0.5) is 4.79 Å². The topological polar surface area (TPSA) is 84.4 Å². The van der Waals surface area contributed by atoms with Crippen LogP contribution in [-0.4, -0.2) is 45.0 Å². The largest absolute Gasteiger partial charge is 0.443 e. The molecule has 7 heteroatoms. The number of carbonyl (C=O) groups excluding carboxylic acids is 3. The molecule has 0 bridgehead atoms. The van der Waals surface area contributed by atoms with E-state index in [1.165, 1.54) is 11.6 Å². The number of amides is 2. The Balaban J connectivity index is 2.03. The monoisotopic (exact) mass is 389 g/mol. The summed E-state index contributed by atoms with van der Waals surface area (Å²) in [7, 11) is 1.47. The van der Waals surface area contributed by atoms with Gasteiger partial charge in [0, 0.05) is 29.4 Å². The van der Waals surface area contributed by atoms with Crippen LogP contribution >= 0.6 is 0 Å². The number of ether oxygens (including phenoxy) is 1. The number of benzene rings is 2. The summed E-state index contributed by atoms with van der Waals surface area (Å²) < 4.78 is 7.17. The smallest absolute Gasteiger partial charge is 0.419 e. The first kappa shape index (κ1) is 17.5. The number of imide groups is 1. The first-order chi connectivity index (χ1) is 13.7. The van der Waals surface area contributed by atoms with Crippen molar-refractivity contribution in [3.05, 3.63) is 47.7 Å². The van der Waals surface area contributed by atoms with Gasteiger partial charge in [0.15, 0.2) is 0 Å². The second-order valence-corrected chi connectivity index (χ2v) is 8.24. The zero-order valence-electron chi connectivity index (χ0n) is 16.5. The van der Waals surface area contributed by atoms with Gasteiger partial charge in [-0.2, -0.15) is 0 Å². The van der Waals surface area contributed by atoms with Gasteiger partial charge in [0.05, 0.1) is 27.7 Å². The molecule has 0 spiro atoms. The number of fused-ring (bicyclic) bond motifs is 8. The molecular weight excluding hydrogens is 370 g/mol. The molecule has 0 saturated carbocycles. The SMILES string of the molecule is CN1C(=O)c2c(c3c4ccccc4n(C(=O)OC(C)(C)C)c3c3cc[nH]c23)C1=O. The van der Waals surface area contributed by atoms with Crippen LogP contribution < -0.4 is 0 Å².